The van der Waals surface area contributed by atoms with Crippen LogP contribution in [0.1, 0.15) is 58.1 Å². The standard InChI is InChI=1S/C20H26N4/c1-3-5-14-20(15-6-4-2,19-13-9-10-16-21-19)24-18-12-8-7-11-17(18)22-23-24/h7-13,16H,3-6,14-15H2,1-2H3. The van der Waals surface area contributed by atoms with Gasteiger partial charge >= 0.3 is 0 Å². The summed E-state index contributed by atoms with van der Waals surface area (Å²) in [6.07, 6.45) is 8.58. The van der Waals surface area contributed by atoms with Gasteiger partial charge in [0, 0.05) is 6.20 Å². The third kappa shape index (κ3) is 3.05. The molecule has 0 aliphatic carbocycles. The molecule has 0 aliphatic heterocycles. The van der Waals surface area contributed by atoms with E-state index in [2.05, 4.69) is 53.1 Å². The van der Waals surface area contributed by atoms with Crippen molar-refractivity contribution in [2.75, 3.05) is 0 Å². The Kier molecular flexibility index (Phi) is 5.24. The highest BCUT2D eigenvalue weighted by molar-refractivity contribution is 5.74. The van der Waals surface area contributed by atoms with Crippen molar-refractivity contribution in [3.8, 4) is 0 Å². The molecule has 0 amide bonds. The fraction of sp³-hybridized carbons (Fsp3) is 0.450. The van der Waals surface area contributed by atoms with Gasteiger partial charge < -0.3 is 0 Å². The van der Waals surface area contributed by atoms with E-state index >= 15 is 0 Å². The van der Waals surface area contributed by atoms with E-state index < -0.39 is 0 Å². The van der Waals surface area contributed by atoms with Gasteiger partial charge in [0.2, 0.25) is 0 Å². The Hall–Kier alpha value is -2.23. The molecule has 3 aromatic rings. The van der Waals surface area contributed by atoms with Crippen molar-refractivity contribution in [1.29, 1.82) is 0 Å². The number of hydrogen-bond acceptors (Lipinski definition) is 3. The zero-order valence-corrected chi connectivity index (χ0v) is 14.7. The molecule has 3 rings (SSSR count). The highest BCUT2D eigenvalue weighted by Crippen LogP contribution is 2.37. The van der Waals surface area contributed by atoms with E-state index in [4.69, 9.17) is 4.98 Å². The molecule has 0 atom stereocenters. The van der Waals surface area contributed by atoms with Crippen LogP contribution >= 0.6 is 0 Å². The molecule has 1 aromatic carbocycles. The van der Waals surface area contributed by atoms with Crippen molar-refractivity contribution < 1.29 is 0 Å². The first-order chi connectivity index (χ1) is 11.8. The molecule has 0 saturated heterocycles. The number of rotatable bonds is 8. The van der Waals surface area contributed by atoms with E-state index in [1.165, 1.54) is 0 Å². The number of para-hydroxylation sites is 1. The van der Waals surface area contributed by atoms with Crippen LogP contribution in [0, 0.1) is 0 Å². The van der Waals surface area contributed by atoms with Crippen LogP contribution in [0.2, 0.25) is 0 Å². The number of fused-ring (bicyclic) bond motifs is 1. The maximum Gasteiger partial charge on any atom is 0.113 e. The molecule has 0 unspecified atom stereocenters. The van der Waals surface area contributed by atoms with Crippen molar-refractivity contribution in [3.05, 3.63) is 54.4 Å². The predicted molar refractivity (Wildman–Crippen MR) is 97.9 cm³/mol. The maximum absolute atomic E-state index is 4.73. The number of unbranched alkanes of at least 4 members (excludes halogenated alkanes) is 2. The number of pyridine rings is 1. The minimum absolute atomic E-state index is 0.219. The maximum atomic E-state index is 4.73. The Morgan fingerprint density at radius 3 is 2.29 bits per heavy atom. The summed E-state index contributed by atoms with van der Waals surface area (Å²) < 4.78 is 2.13. The van der Waals surface area contributed by atoms with Gasteiger partial charge in [-0.15, -0.1) is 5.10 Å². The van der Waals surface area contributed by atoms with Crippen LogP contribution in [0.5, 0.6) is 0 Å². The highest BCUT2D eigenvalue weighted by atomic mass is 15.5. The third-order valence-corrected chi connectivity index (χ3v) is 4.79. The molecule has 4 nitrogen and oxygen atoms in total. The normalized spacial score (nSPS) is 11.9. The predicted octanol–water partition coefficient (Wildman–Crippen LogP) is 4.95. The Labute approximate surface area is 143 Å². The smallest absolute Gasteiger partial charge is 0.113 e. The van der Waals surface area contributed by atoms with Gasteiger partial charge in [0.1, 0.15) is 11.1 Å². The van der Waals surface area contributed by atoms with Crippen LogP contribution in [0.25, 0.3) is 11.0 Å². The number of nitrogens with zero attached hydrogens (tertiary/aromatic N) is 4. The minimum Gasteiger partial charge on any atom is -0.259 e. The second-order valence-corrected chi connectivity index (χ2v) is 6.44. The molecule has 0 bridgehead atoms. The summed E-state index contributed by atoms with van der Waals surface area (Å²) in [5.41, 5.74) is 2.92. The molecule has 24 heavy (non-hydrogen) atoms. The van der Waals surface area contributed by atoms with Gasteiger partial charge in [0.25, 0.3) is 0 Å². The summed E-state index contributed by atoms with van der Waals surface area (Å²) in [6, 6.07) is 14.4. The van der Waals surface area contributed by atoms with Crippen molar-refractivity contribution in [1.82, 2.24) is 20.0 Å². The second kappa shape index (κ2) is 7.56. The van der Waals surface area contributed by atoms with Crippen molar-refractivity contribution >= 4 is 11.0 Å². The monoisotopic (exact) mass is 322 g/mol. The highest BCUT2D eigenvalue weighted by Gasteiger charge is 2.36. The van der Waals surface area contributed by atoms with Crippen LogP contribution in [-0.4, -0.2) is 20.0 Å². The zero-order chi connectivity index (χ0) is 16.8. The molecular weight excluding hydrogens is 296 g/mol. The van der Waals surface area contributed by atoms with Gasteiger partial charge in [0.05, 0.1) is 11.2 Å². The Balaban J connectivity index is 2.18. The molecule has 0 aliphatic rings. The fourth-order valence-corrected chi connectivity index (χ4v) is 3.46. The summed E-state index contributed by atoms with van der Waals surface area (Å²) >= 11 is 0. The summed E-state index contributed by atoms with van der Waals surface area (Å²) in [7, 11) is 0. The lowest BCUT2D eigenvalue weighted by Crippen LogP contribution is -2.37. The molecule has 0 N–H and O–H groups in total. The largest absolute Gasteiger partial charge is 0.259 e. The lowest BCUT2D eigenvalue weighted by molar-refractivity contribution is 0.256. The third-order valence-electron chi connectivity index (χ3n) is 4.79. The first-order valence-corrected chi connectivity index (χ1v) is 9.04. The van der Waals surface area contributed by atoms with E-state index in [1.807, 2.05) is 24.4 Å². The average Bonchev–Trinajstić information content (AvgIpc) is 3.08. The van der Waals surface area contributed by atoms with Gasteiger partial charge in [-0.3, -0.25) is 4.98 Å². The van der Waals surface area contributed by atoms with E-state index in [-0.39, 0.29) is 5.54 Å². The Morgan fingerprint density at radius 2 is 1.62 bits per heavy atom. The van der Waals surface area contributed by atoms with Gasteiger partial charge in [0.15, 0.2) is 0 Å². The lowest BCUT2D eigenvalue weighted by atomic mass is 9.83. The summed E-state index contributed by atoms with van der Waals surface area (Å²) in [5.74, 6) is 0. The second-order valence-electron chi connectivity index (χ2n) is 6.44. The van der Waals surface area contributed by atoms with Crippen molar-refractivity contribution in [2.24, 2.45) is 0 Å². The van der Waals surface area contributed by atoms with Crippen LogP contribution < -0.4 is 0 Å². The zero-order valence-electron chi connectivity index (χ0n) is 14.7. The van der Waals surface area contributed by atoms with Crippen molar-refractivity contribution in [3.63, 3.8) is 0 Å². The molecule has 0 saturated carbocycles. The van der Waals surface area contributed by atoms with E-state index in [0.29, 0.717) is 0 Å². The SMILES string of the molecule is CCCCC(CCCC)(c1ccccn1)n1nnc2ccccc21. The van der Waals surface area contributed by atoms with Crippen LogP contribution in [0.15, 0.2) is 48.7 Å². The van der Waals surface area contributed by atoms with Gasteiger partial charge in [-0.05, 0) is 37.1 Å². The number of aromatic nitrogens is 4. The molecule has 4 heteroatoms. The molecular formula is C20H26N4. The minimum atomic E-state index is -0.219. The Morgan fingerprint density at radius 1 is 0.917 bits per heavy atom. The van der Waals surface area contributed by atoms with E-state index in [9.17, 15) is 0 Å². The van der Waals surface area contributed by atoms with Gasteiger partial charge in [-0.1, -0.05) is 62.9 Å². The topological polar surface area (TPSA) is 43.6 Å². The molecule has 0 fully saturated rings. The summed E-state index contributed by atoms with van der Waals surface area (Å²) in [5, 5.41) is 8.99. The van der Waals surface area contributed by atoms with Crippen LogP contribution in [0.4, 0.5) is 0 Å². The van der Waals surface area contributed by atoms with Crippen molar-refractivity contribution in [2.45, 2.75) is 57.9 Å². The van der Waals surface area contributed by atoms with E-state index in [1.54, 1.807) is 0 Å². The fourth-order valence-electron chi connectivity index (χ4n) is 3.46. The molecule has 2 heterocycles. The quantitative estimate of drug-likeness (QED) is 0.589. The first-order valence-electron chi connectivity index (χ1n) is 9.04. The average molecular weight is 322 g/mol. The molecule has 0 radical (unpaired) electrons. The first kappa shape index (κ1) is 16.6. The van der Waals surface area contributed by atoms with Crippen LogP contribution in [0.3, 0.4) is 0 Å². The summed E-state index contributed by atoms with van der Waals surface area (Å²) in [4.78, 5) is 4.73. The molecule has 126 valence electrons. The van der Waals surface area contributed by atoms with Gasteiger partial charge in [-0.2, -0.15) is 0 Å². The van der Waals surface area contributed by atoms with Gasteiger partial charge in [-0.25, -0.2) is 4.68 Å². The lowest BCUT2D eigenvalue weighted by Gasteiger charge is -2.34. The molecule has 2 aromatic heterocycles. The number of hydrogen-bond donors (Lipinski definition) is 0. The van der Waals surface area contributed by atoms with E-state index in [0.717, 1.165) is 55.3 Å². The molecule has 0 spiro atoms. The van der Waals surface area contributed by atoms with Crippen LogP contribution in [-0.2, 0) is 5.54 Å². The summed E-state index contributed by atoms with van der Waals surface area (Å²) in [6.45, 7) is 4.48. The number of benzene rings is 1. The Bertz CT molecular complexity index is 755.